The first-order valence-corrected chi connectivity index (χ1v) is 7.72. The minimum absolute atomic E-state index is 0. The first-order valence-electron chi connectivity index (χ1n) is 7.72. The van der Waals surface area contributed by atoms with Crippen molar-refractivity contribution in [2.24, 2.45) is 0 Å². The van der Waals surface area contributed by atoms with Crippen molar-refractivity contribution < 1.29 is 14.3 Å². The molecule has 0 atom stereocenters. The van der Waals surface area contributed by atoms with Gasteiger partial charge in [0.05, 0.1) is 12.8 Å². The van der Waals surface area contributed by atoms with E-state index in [4.69, 9.17) is 4.74 Å². The predicted molar refractivity (Wildman–Crippen MR) is 103 cm³/mol. The number of methoxy groups -OCH3 is 1. The Labute approximate surface area is 157 Å². The fourth-order valence-corrected chi connectivity index (χ4v) is 2.50. The third-order valence-corrected chi connectivity index (χ3v) is 3.84. The molecular formula is C19H18ClN3O3. The average molecular weight is 372 g/mol. The lowest BCUT2D eigenvalue weighted by atomic mass is 10.1. The van der Waals surface area contributed by atoms with E-state index in [0.717, 1.165) is 11.4 Å². The number of ether oxygens (including phenoxy) is 1. The molecule has 7 heteroatoms. The summed E-state index contributed by atoms with van der Waals surface area (Å²) < 4.78 is 4.85. The van der Waals surface area contributed by atoms with Crippen LogP contribution in [0.15, 0.2) is 42.6 Å². The van der Waals surface area contributed by atoms with Gasteiger partial charge in [0.25, 0.3) is 0 Å². The molecule has 1 N–H and O–H groups in total. The van der Waals surface area contributed by atoms with Crippen LogP contribution in [0.3, 0.4) is 0 Å². The molecule has 26 heavy (non-hydrogen) atoms. The number of anilines is 2. The van der Waals surface area contributed by atoms with Crippen LogP contribution in [0.25, 0.3) is 11.0 Å². The van der Waals surface area contributed by atoms with Gasteiger partial charge in [0.2, 0.25) is 0 Å². The fraction of sp³-hybridized carbons (Fsp3) is 0.158. The molecule has 0 unspecified atom stereocenters. The second-order valence-corrected chi connectivity index (χ2v) is 5.62. The van der Waals surface area contributed by atoms with Crippen LogP contribution in [-0.2, 0) is 4.74 Å². The molecular weight excluding hydrogens is 354 g/mol. The molecule has 0 amide bonds. The van der Waals surface area contributed by atoms with E-state index in [1.807, 2.05) is 19.1 Å². The van der Waals surface area contributed by atoms with Gasteiger partial charge in [0.15, 0.2) is 11.4 Å². The molecule has 0 radical (unpaired) electrons. The van der Waals surface area contributed by atoms with Gasteiger partial charge >= 0.3 is 5.97 Å². The molecule has 0 aliphatic heterocycles. The van der Waals surface area contributed by atoms with Crippen LogP contribution >= 0.6 is 12.4 Å². The molecule has 1 aromatic carbocycles. The Bertz CT molecular complexity index is 972. The number of ketones is 1. The van der Waals surface area contributed by atoms with E-state index in [1.165, 1.54) is 20.2 Å². The number of Topliss-reactive ketones (excluding diaryl/α,β-unsaturated/α-hetero) is 1. The van der Waals surface area contributed by atoms with Crippen molar-refractivity contribution in [2.45, 2.75) is 13.8 Å². The number of hydrogen-bond donors (Lipinski definition) is 1. The Morgan fingerprint density at radius 3 is 2.38 bits per heavy atom. The summed E-state index contributed by atoms with van der Waals surface area (Å²) in [5, 5.41) is 3.94. The monoisotopic (exact) mass is 371 g/mol. The van der Waals surface area contributed by atoms with Crippen molar-refractivity contribution in [1.29, 1.82) is 0 Å². The molecule has 0 aliphatic carbocycles. The van der Waals surface area contributed by atoms with Crippen molar-refractivity contribution in [1.82, 2.24) is 9.97 Å². The first-order chi connectivity index (χ1) is 12.0. The largest absolute Gasteiger partial charge is 0.465 e. The molecule has 0 spiro atoms. The third kappa shape index (κ3) is 3.81. The fourth-order valence-electron chi connectivity index (χ4n) is 2.50. The lowest BCUT2D eigenvalue weighted by molar-refractivity contribution is 0.0601. The SMILES string of the molecule is COC(=O)c1cnc2nc(C)ccc2c1Nc1ccc(C(C)=O)cc1.Cl. The minimum Gasteiger partial charge on any atom is -0.465 e. The van der Waals surface area contributed by atoms with Gasteiger partial charge in [0.1, 0.15) is 5.56 Å². The number of hydrogen-bond acceptors (Lipinski definition) is 6. The Morgan fingerprint density at radius 1 is 1.08 bits per heavy atom. The summed E-state index contributed by atoms with van der Waals surface area (Å²) >= 11 is 0. The van der Waals surface area contributed by atoms with Crippen LogP contribution in [0.5, 0.6) is 0 Å². The zero-order valence-electron chi connectivity index (χ0n) is 14.6. The van der Waals surface area contributed by atoms with E-state index in [9.17, 15) is 9.59 Å². The normalized spacial score (nSPS) is 10.1. The summed E-state index contributed by atoms with van der Waals surface area (Å²) in [5.74, 6) is -0.492. The summed E-state index contributed by atoms with van der Waals surface area (Å²) in [5.41, 5.74) is 3.62. The van der Waals surface area contributed by atoms with Gasteiger partial charge < -0.3 is 10.1 Å². The second kappa shape index (κ2) is 7.93. The van der Waals surface area contributed by atoms with E-state index in [0.29, 0.717) is 27.8 Å². The number of nitrogens with zero attached hydrogens (tertiary/aromatic N) is 2. The second-order valence-electron chi connectivity index (χ2n) is 5.62. The maximum atomic E-state index is 12.1. The van der Waals surface area contributed by atoms with Crippen molar-refractivity contribution in [3.05, 3.63) is 59.4 Å². The van der Waals surface area contributed by atoms with Gasteiger partial charge in [-0.1, -0.05) is 0 Å². The van der Waals surface area contributed by atoms with E-state index in [-0.39, 0.29) is 18.2 Å². The third-order valence-electron chi connectivity index (χ3n) is 3.84. The summed E-state index contributed by atoms with van der Waals surface area (Å²) in [7, 11) is 1.32. The quantitative estimate of drug-likeness (QED) is 0.549. The number of esters is 1. The number of pyridine rings is 2. The summed E-state index contributed by atoms with van der Waals surface area (Å²) in [4.78, 5) is 32.2. The maximum absolute atomic E-state index is 12.1. The molecule has 6 nitrogen and oxygen atoms in total. The smallest absolute Gasteiger partial charge is 0.341 e. The summed E-state index contributed by atoms with van der Waals surface area (Å²) in [6, 6.07) is 10.7. The Hall–Kier alpha value is -2.99. The molecule has 0 saturated carbocycles. The van der Waals surface area contributed by atoms with E-state index in [1.54, 1.807) is 24.3 Å². The van der Waals surface area contributed by atoms with Gasteiger partial charge in [-0.15, -0.1) is 12.4 Å². The van der Waals surface area contributed by atoms with Crippen molar-refractivity contribution in [2.75, 3.05) is 12.4 Å². The van der Waals surface area contributed by atoms with Gasteiger partial charge in [-0.05, 0) is 50.2 Å². The number of benzene rings is 1. The zero-order chi connectivity index (χ0) is 18.0. The molecule has 2 aromatic heterocycles. The number of carbonyl (C=O) groups excluding carboxylic acids is 2. The van der Waals surface area contributed by atoms with Gasteiger partial charge in [-0.25, -0.2) is 14.8 Å². The van der Waals surface area contributed by atoms with Crippen LogP contribution in [0, 0.1) is 6.92 Å². The van der Waals surface area contributed by atoms with Crippen molar-refractivity contribution in [3.8, 4) is 0 Å². The predicted octanol–water partition coefficient (Wildman–Crippen LogP) is 4.09. The maximum Gasteiger partial charge on any atom is 0.341 e. The topological polar surface area (TPSA) is 81.2 Å². The molecule has 0 bridgehead atoms. The Morgan fingerprint density at radius 2 is 1.77 bits per heavy atom. The highest BCUT2D eigenvalue weighted by molar-refractivity contribution is 6.05. The Kier molecular flexibility index (Phi) is 5.90. The van der Waals surface area contributed by atoms with Crippen LogP contribution < -0.4 is 5.32 Å². The number of aromatic nitrogens is 2. The first kappa shape index (κ1) is 19.3. The van der Waals surface area contributed by atoms with Crippen molar-refractivity contribution >= 4 is 46.6 Å². The minimum atomic E-state index is -0.488. The van der Waals surface area contributed by atoms with E-state index < -0.39 is 5.97 Å². The van der Waals surface area contributed by atoms with Crippen LogP contribution in [0.2, 0.25) is 0 Å². The number of nitrogens with one attached hydrogen (secondary N) is 1. The lowest BCUT2D eigenvalue weighted by Gasteiger charge is -2.13. The van der Waals surface area contributed by atoms with Gasteiger partial charge in [-0.3, -0.25) is 4.79 Å². The number of carbonyl (C=O) groups is 2. The van der Waals surface area contributed by atoms with Gasteiger partial charge in [0, 0.05) is 28.5 Å². The highest BCUT2D eigenvalue weighted by atomic mass is 35.5. The van der Waals surface area contributed by atoms with Crippen LogP contribution in [0.4, 0.5) is 11.4 Å². The molecule has 3 rings (SSSR count). The highest BCUT2D eigenvalue weighted by Crippen LogP contribution is 2.29. The lowest BCUT2D eigenvalue weighted by Crippen LogP contribution is -2.08. The summed E-state index contributed by atoms with van der Waals surface area (Å²) in [6.07, 6.45) is 1.45. The van der Waals surface area contributed by atoms with E-state index >= 15 is 0 Å². The molecule has 2 heterocycles. The number of aryl methyl sites for hydroxylation is 1. The molecule has 0 saturated heterocycles. The highest BCUT2D eigenvalue weighted by Gasteiger charge is 2.17. The zero-order valence-corrected chi connectivity index (χ0v) is 15.4. The molecule has 0 aliphatic rings. The molecule has 3 aromatic rings. The van der Waals surface area contributed by atoms with Crippen LogP contribution in [-0.4, -0.2) is 28.8 Å². The Balaban J connectivity index is 0.00000243. The molecule has 0 fully saturated rings. The van der Waals surface area contributed by atoms with Crippen LogP contribution in [0.1, 0.15) is 33.3 Å². The number of rotatable bonds is 4. The average Bonchev–Trinajstić information content (AvgIpc) is 2.61. The number of halogens is 1. The van der Waals surface area contributed by atoms with Gasteiger partial charge in [-0.2, -0.15) is 0 Å². The molecule has 134 valence electrons. The standard InChI is InChI=1S/C19H17N3O3.ClH/c1-11-4-9-15-17(16(19(24)25-3)10-20-18(15)21-11)22-14-7-5-13(6-8-14)12(2)23;/h4-10H,1-3H3,(H,20,21,22);1H. The van der Waals surface area contributed by atoms with Crippen molar-refractivity contribution in [3.63, 3.8) is 0 Å². The number of fused-ring (bicyclic) bond motifs is 1. The summed E-state index contributed by atoms with van der Waals surface area (Å²) in [6.45, 7) is 3.39. The van der Waals surface area contributed by atoms with E-state index in [2.05, 4.69) is 15.3 Å².